The standard InChI is InChI=1S/C15H20N2O4S/c1-10-3-5-12(6-4-10)22(19,20)17-8-11-7-13(15(18)16-2)14(9-17)21-11/h3-6,11,13-14H,7-9H2,1-2H3,(H,16,18)/t11-,13+,14-/m0/s1. The largest absolute Gasteiger partial charge is 0.371 e. The number of carbonyl (C=O) groups is 1. The predicted octanol–water partition coefficient (Wildman–Crippen LogP) is 0.519. The van der Waals surface area contributed by atoms with Crippen LogP contribution < -0.4 is 5.32 Å². The number of rotatable bonds is 3. The van der Waals surface area contributed by atoms with Gasteiger partial charge in [0.1, 0.15) is 0 Å². The van der Waals surface area contributed by atoms with Gasteiger partial charge in [0.25, 0.3) is 0 Å². The molecule has 0 aliphatic carbocycles. The van der Waals surface area contributed by atoms with Crippen LogP contribution in [0.15, 0.2) is 29.2 Å². The van der Waals surface area contributed by atoms with Gasteiger partial charge in [-0.3, -0.25) is 4.79 Å². The lowest BCUT2D eigenvalue weighted by Crippen LogP contribution is -2.47. The number of nitrogens with one attached hydrogen (secondary N) is 1. The number of ether oxygens (including phenoxy) is 1. The molecule has 6 nitrogen and oxygen atoms in total. The number of hydrogen-bond donors (Lipinski definition) is 1. The number of amides is 1. The fourth-order valence-electron chi connectivity index (χ4n) is 3.14. The highest BCUT2D eigenvalue weighted by Gasteiger charge is 2.47. The van der Waals surface area contributed by atoms with E-state index < -0.39 is 10.0 Å². The Morgan fingerprint density at radius 3 is 2.59 bits per heavy atom. The summed E-state index contributed by atoms with van der Waals surface area (Å²) in [4.78, 5) is 12.1. The van der Waals surface area contributed by atoms with Gasteiger partial charge in [0.05, 0.1) is 23.0 Å². The second kappa shape index (κ2) is 5.64. The van der Waals surface area contributed by atoms with Gasteiger partial charge < -0.3 is 10.1 Å². The van der Waals surface area contributed by atoms with Gasteiger partial charge in [-0.1, -0.05) is 17.7 Å². The maximum atomic E-state index is 12.7. The van der Waals surface area contributed by atoms with Crippen LogP contribution >= 0.6 is 0 Å². The predicted molar refractivity (Wildman–Crippen MR) is 80.8 cm³/mol. The summed E-state index contributed by atoms with van der Waals surface area (Å²) in [5.74, 6) is -0.352. The molecule has 7 heteroatoms. The summed E-state index contributed by atoms with van der Waals surface area (Å²) >= 11 is 0. The molecule has 0 unspecified atom stereocenters. The molecule has 1 aromatic carbocycles. The summed E-state index contributed by atoms with van der Waals surface area (Å²) in [6, 6.07) is 6.82. The highest BCUT2D eigenvalue weighted by molar-refractivity contribution is 7.89. The number of fused-ring (bicyclic) bond motifs is 2. The van der Waals surface area contributed by atoms with Gasteiger partial charge in [0.2, 0.25) is 15.9 Å². The summed E-state index contributed by atoms with van der Waals surface area (Å²) in [6.07, 6.45) is 0.00441. The zero-order valence-corrected chi connectivity index (χ0v) is 13.5. The second-order valence-corrected chi connectivity index (χ2v) is 7.83. The zero-order chi connectivity index (χ0) is 15.9. The van der Waals surface area contributed by atoms with Crippen LogP contribution in [-0.4, -0.2) is 51.0 Å². The number of hydrogen-bond acceptors (Lipinski definition) is 4. The third-order valence-electron chi connectivity index (χ3n) is 4.37. The van der Waals surface area contributed by atoms with Crippen molar-refractivity contribution in [3.8, 4) is 0 Å². The molecule has 3 rings (SSSR count). The van der Waals surface area contributed by atoms with Crippen LogP contribution in [0.3, 0.4) is 0 Å². The van der Waals surface area contributed by atoms with E-state index in [0.717, 1.165) is 5.56 Å². The molecule has 0 spiro atoms. The SMILES string of the molecule is CNC(=O)[C@@H]1C[C@H]2CN(S(=O)(=O)c3ccc(C)cc3)C[C@@H]1O2. The molecule has 1 N–H and O–H groups in total. The second-order valence-electron chi connectivity index (χ2n) is 5.89. The van der Waals surface area contributed by atoms with Gasteiger partial charge in [-0.05, 0) is 25.5 Å². The van der Waals surface area contributed by atoms with Crippen molar-refractivity contribution in [2.45, 2.75) is 30.4 Å². The van der Waals surface area contributed by atoms with Crippen LogP contribution in [0.2, 0.25) is 0 Å². The highest BCUT2D eigenvalue weighted by atomic mass is 32.2. The Labute approximate surface area is 130 Å². The van der Waals surface area contributed by atoms with E-state index in [9.17, 15) is 13.2 Å². The maximum Gasteiger partial charge on any atom is 0.243 e. The van der Waals surface area contributed by atoms with Gasteiger partial charge in [-0.25, -0.2) is 8.42 Å². The summed E-state index contributed by atoms with van der Waals surface area (Å²) in [6.45, 7) is 2.45. The summed E-state index contributed by atoms with van der Waals surface area (Å²) in [7, 11) is -1.95. The molecule has 1 aromatic rings. The Hall–Kier alpha value is -1.44. The molecule has 0 radical (unpaired) electrons. The lowest BCUT2D eigenvalue weighted by atomic mass is 10.00. The van der Waals surface area contributed by atoms with E-state index in [-0.39, 0.29) is 35.5 Å². The topological polar surface area (TPSA) is 75.7 Å². The first kappa shape index (κ1) is 15.5. The smallest absolute Gasteiger partial charge is 0.243 e. The minimum absolute atomic E-state index is 0.0814. The number of benzene rings is 1. The minimum Gasteiger partial charge on any atom is -0.371 e. The van der Waals surface area contributed by atoms with Crippen LogP contribution in [0.5, 0.6) is 0 Å². The first-order valence-electron chi connectivity index (χ1n) is 7.35. The van der Waals surface area contributed by atoms with Crippen molar-refractivity contribution in [3.63, 3.8) is 0 Å². The van der Waals surface area contributed by atoms with Crippen LogP contribution in [0.1, 0.15) is 12.0 Å². The van der Waals surface area contributed by atoms with E-state index >= 15 is 0 Å². The molecule has 3 atom stereocenters. The average Bonchev–Trinajstić information content (AvgIpc) is 2.81. The fourth-order valence-corrected chi connectivity index (χ4v) is 4.62. The summed E-state index contributed by atoms with van der Waals surface area (Å²) in [5.41, 5.74) is 1.01. The van der Waals surface area contributed by atoms with Crippen LogP contribution in [0, 0.1) is 12.8 Å². The number of carbonyl (C=O) groups excluding carboxylic acids is 1. The van der Waals surface area contributed by atoms with Gasteiger partial charge in [-0.15, -0.1) is 0 Å². The Morgan fingerprint density at radius 1 is 1.27 bits per heavy atom. The third-order valence-corrected chi connectivity index (χ3v) is 6.21. The van der Waals surface area contributed by atoms with Crippen molar-refractivity contribution in [1.82, 2.24) is 9.62 Å². The summed E-state index contributed by atoms with van der Waals surface area (Å²) in [5, 5.41) is 2.62. The molecule has 22 heavy (non-hydrogen) atoms. The van der Waals surface area contributed by atoms with E-state index in [0.29, 0.717) is 13.0 Å². The molecule has 2 bridgehead atoms. The van der Waals surface area contributed by atoms with Crippen LogP contribution in [0.4, 0.5) is 0 Å². The van der Waals surface area contributed by atoms with Crippen molar-refractivity contribution in [2.75, 3.05) is 20.1 Å². The summed E-state index contributed by atoms with van der Waals surface area (Å²) < 4.78 is 32.7. The van der Waals surface area contributed by atoms with Crippen LogP contribution in [-0.2, 0) is 19.6 Å². The highest BCUT2D eigenvalue weighted by Crippen LogP contribution is 2.34. The van der Waals surface area contributed by atoms with E-state index in [2.05, 4.69) is 5.32 Å². The molecule has 2 heterocycles. The van der Waals surface area contributed by atoms with Crippen molar-refractivity contribution in [1.29, 1.82) is 0 Å². The number of aryl methyl sites for hydroxylation is 1. The first-order valence-corrected chi connectivity index (χ1v) is 8.79. The van der Waals surface area contributed by atoms with Crippen molar-refractivity contribution in [2.24, 2.45) is 5.92 Å². The minimum atomic E-state index is -3.54. The Kier molecular flexibility index (Phi) is 3.96. The number of nitrogens with zero attached hydrogens (tertiary/aromatic N) is 1. The monoisotopic (exact) mass is 324 g/mol. The zero-order valence-electron chi connectivity index (χ0n) is 12.7. The van der Waals surface area contributed by atoms with E-state index in [4.69, 9.17) is 4.74 Å². The molecular weight excluding hydrogens is 304 g/mol. The molecule has 2 aliphatic heterocycles. The third kappa shape index (κ3) is 2.64. The van der Waals surface area contributed by atoms with Gasteiger partial charge in [0, 0.05) is 20.1 Å². The molecule has 2 saturated heterocycles. The molecule has 2 fully saturated rings. The first-order chi connectivity index (χ1) is 10.4. The van der Waals surface area contributed by atoms with Crippen molar-refractivity contribution >= 4 is 15.9 Å². The molecule has 2 aliphatic rings. The lowest BCUT2D eigenvalue weighted by molar-refractivity contribution is -0.126. The molecule has 1 amide bonds. The average molecular weight is 324 g/mol. The quantitative estimate of drug-likeness (QED) is 0.879. The fraction of sp³-hybridized carbons (Fsp3) is 0.533. The normalized spacial score (nSPS) is 28.5. The number of morpholine rings is 1. The lowest BCUT2D eigenvalue weighted by Gasteiger charge is -2.31. The number of sulfonamides is 1. The molecule has 0 saturated carbocycles. The molecule has 0 aromatic heterocycles. The van der Waals surface area contributed by atoms with Crippen molar-refractivity contribution < 1.29 is 17.9 Å². The Balaban J connectivity index is 1.82. The Morgan fingerprint density at radius 2 is 1.95 bits per heavy atom. The van der Waals surface area contributed by atoms with E-state index in [1.807, 2.05) is 6.92 Å². The van der Waals surface area contributed by atoms with Crippen molar-refractivity contribution in [3.05, 3.63) is 29.8 Å². The van der Waals surface area contributed by atoms with Gasteiger partial charge >= 0.3 is 0 Å². The molecule has 120 valence electrons. The Bertz CT molecular complexity index is 671. The van der Waals surface area contributed by atoms with Gasteiger partial charge in [-0.2, -0.15) is 4.31 Å². The van der Waals surface area contributed by atoms with E-state index in [1.54, 1.807) is 31.3 Å². The molecular formula is C15H20N2O4S. The van der Waals surface area contributed by atoms with Crippen LogP contribution in [0.25, 0.3) is 0 Å². The van der Waals surface area contributed by atoms with E-state index in [1.165, 1.54) is 4.31 Å². The maximum absolute atomic E-state index is 12.7. The van der Waals surface area contributed by atoms with Gasteiger partial charge in [0.15, 0.2) is 0 Å².